The Bertz CT molecular complexity index is 562. The van der Waals surface area contributed by atoms with Crippen molar-refractivity contribution in [1.29, 1.82) is 0 Å². The minimum absolute atomic E-state index is 0.0997. The van der Waals surface area contributed by atoms with Crippen LogP contribution in [0.2, 0.25) is 0 Å². The molecule has 1 aromatic carbocycles. The van der Waals surface area contributed by atoms with Crippen molar-refractivity contribution >= 4 is 11.8 Å². The van der Waals surface area contributed by atoms with Crippen molar-refractivity contribution in [1.82, 2.24) is 9.80 Å². The zero-order chi connectivity index (χ0) is 17.5. The number of carbonyl (C=O) groups excluding carboxylic acids is 2. The fourth-order valence-corrected chi connectivity index (χ4v) is 3.68. The zero-order valence-electron chi connectivity index (χ0n) is 14.9. The number of para-hydroxylation sites is 1. The van der Waals surface area contributed by atoms with Crippen molar-refractivity contribution in [2.75, 3.05) is 32.8 Å². The predicted octanol–water partition coefficient (Wildman–Crippen LogP) is 2.71. The summed E-state index contributed by atoms with van der Waals surface area (Å²) in [6, 6.07) is 9.56. The predicted molar refractivity (Wildman–Crippen MR) is 96.3 cm³/mol. The van der Waals surface area contributed by atoms with Gasteiger partial charge in [-0.05, 0) is 44.2 Å². The quantitative estimate of drug-likeness (QED) is 0.825. The standard InChI is InChI=1S/C20H28N2O3/c23-19(11-16-25-18-7-3-1-4-8-18)21-14-9-17(10-15-21)20(24)22-12-5-2-6-13-22/h1,3-4,7-8,17H,2,5-6,9-16H2. The molecule has 0 unspecified atom stereocenters. The van der Waals surface area contributed by atoms with Crippen molar-refractivity contribution in [3.05, 3.63) is 30.3 Å². The van der Waals surface area contributed by atoms with Crippen molar-refractivity contribution in [3.8, 4) is 5.75 Å². The molecule has 0 saturated carbocycles. The summed E-state index contributed by atoms with van der Waals surface area (Å²) in [6.45, 7) is 3.60. The molecule has 0 aromatic heterocycles. The molecule has 2 fully saturated rings. The molecule has 2 heterocycles. The molecular weight excluding hydrogens is 316 g/mol. The van der Waals surface area contributed by atoms with E-state index in [0.717, 1.165) is 44.5 Å². The maximum Gasteiger partial charge on any atom is 0.225 e. The summed E-state index contributed by atoms with van der Waals surface area (Å²) >= 11 is 0. The lowest BCUT2D eigenvalue weighted by molar-refractivity contribution is -0.141. The molecule has 5 nitrogen and oxygen atoms in total. The fourth-order valence-electron chi connectivity index (χ4n) is 3.68. The second-order valence-electron chi connectivity index (χ2n) is 6.95. The number of benzene rings is 1. The van der Waals surface area contributed by atoms with E-state index in [1.165, 1.54) is 6.42 Å². The second kappa shape index (κ2) is 8.88. The van der Waals surface area contributed by atoms with Gasteiger partial charge in [0.1, 0.15) is 5.75 Å². The maximum atomic E-state index is 12.6. The molecule has 0 spiro atoms. The van der Waals surface area contributed by atoms with Crippen LogP contribution in [-0.2, 0) is 9.59 Å². The molecular formula is C20H28N2O3. The molecule has 0 atom stereocenters. The van der Waals surface area contributed by atoms with Crippen molar-refractivity contribution in [2.24, 2.45) is 5.92 Å². The summed E-state index contributed by atoms with van der Waals surface area (Å²) in [5.74, 6) is 1.32. The number of rotatable bonds is 5. The second-order valence-corrected chi connectivity index (χ2v) is 6.95. The minimum atomic E-state index is 0.0997. The van der Waals surface area contributed by atoms with Gasteiger partial charge in [-0.2, -0.15) is 0 Å². The van der Waals surface area contributed by atoms with E-state index in [9.17, 15) is 9.59 Å². The average molecular weight is 344 g/mol. The first-order chi connectivity index (χ1) is 12.2. The summed E-state index contributed by atoms with van der Waals surface area (Å²) in [7, 11) is 0. The van der Waals surface area contributed by atoms with Crippen LogP contribution < -0.4 is 4.74 Å². The fraction of sp³-hybridized carbons (Fsp3) is 0.600. The van der Waals surface area contributed by atoms with Gasteiger partial charge >= 0.3 is 0 Å². The third kappa shape index (κ3) is 4.97. The van der Waals surface area contributed by atoms with Gasteiger partial charge in [0.05, 0.1) is 13.0 Å². The largest absolute Gasteiger partial charge is 0.493 e. The van der Waals surface area contributed by atoms with E-state index in [-0.39, 0.29) is 11.8 Å². The number of carbonyl (C=O) groups is 2. The summed E-state index contributed by atoms with van der Waals surface area (Å²) in [4.78, 5) is 28.8. The van der Waals surface area contributed by atoms with Crippen LogP contribution in [-0.4, -0.2) is 54.4 Å². The number of ether oxygens (including phenoxy) is 1. The van der Waals surface area contributed by atoms with Gasteiger partial charge in [-0.3, -0.25) is 9.59 Å². The van der Waals surface area contributed by atoms with Gasteiger partial charge in [-0.1, -0.05) is 18.2 Å². The molecule has 2 aliphatic rings. The van der Waals surface area contributed by atoms with Crippen LogP contribution in [0, 0.1) is 5.92 Å². The molecule has 2 aliphatic heterocycles. The van der Waals surface area contributed by atoms with Gasteiger partial charge in [0.15, 0.2) is 0 Å². The minimum Gasteiger partial charge on any atom is -0.493 e. The number of hydrogen-bond acceptors (Lipinski definition) is 3. The Labute approximate surface area is 149 Å². The Morgan fingerprint density at radius 1 is 0.920 bits per heavy atom. The summed E-state index contributed by atoms with van der Waals surface area (Å²) in [6.07, 6.45) is 5.47. The van der Waals surface area contributed by atoms with E-state index in [1.807, 2.05) is 40.1 Å². The Morgan fingerprint density at radius 3 is 2.28 bits per heavy atom. The number of hydrogen-bond donors (Lipinski definition) is 0. The topological polar surface area (TPSA) is 49.9 Å². The highest BCUT2D eigenvalue weighted by atomic mass is 16.5. The van der Waals surface area contributed by atoms with Crippen molar-refractivity contribution < 1.29 is 14.3 Å². The van der Waals surface area contributed by atoms with Gasteiger partial charge < -0.3 is 14.5 Å². The highest BCUT2D eigenvalue weighted by Gasteiger charge is 2.30. The molecule has 5 heteroatoms. The smallest absolute Gasteiger partial charge is 0.225 e. The maximum absolute atomic E-state index is 12.6. The van der Waals surface area contributed by atoms with Gasteiger partial charge in [0.25, 0.3) is 0 Å². The summed E-state index contributed by atoms with van der Waals surface area (Å²) in [5, 5.41) is 0. The van der Waals surface area contributed by atoms with Gasteiger partial charge in [-0.15, -0.1) is 0 Å². The van der Waals surface area contributed by atoms with E-state index in [4.69, 9.17) is 4.74 Å². The van der Waals surface area contributed by atoms with E-state index >= 15 is 0 Å². The molecule has 2 amide bonds. The first-order valence-electron chi connectivity index (χ1n) is 9.48. The Hall–Kier alpha value is -2.04. The molecule has 0 N–H and O–H groups in total. The summed E-state index contributed by atoms with van der Waals surface area (Å²) in [5.41, 5.74) is 0. The van der Waals surface area contributed by atoms with E-state index in [2.05, 4.69) is 0 Å². The molecule has 2 saturated heterocycles. The molecule has 1 aromatic rings. The van der Waals surface area contributed by atoms with Gasteiger partial charge in [-0.25, -0.2) is 0 Å². The molecule has 0 radical (unpaired) electrons. The Balaban J connectivity index is 1.37. The first kappa shape index (κ1) is 17.8. The van der Waals surface area contributed by atoms with E-state index in [1.54, 1.807) is 0 Å². The zero-order valence-corrected chi connectivity index (χ0v) is 14.9. The van der Waals surface area contributed by atoms with Crippen molar-refractivity contribution in [3.63, 3.8) is 0 Å². The van der Waals surface area contributed by atoms with Crippen LogP contribution >= 0.6 is 0 Å². The highest BCUT2D eigenvalue weighted by molar-refractivity contribution is 5.80. The van der Waals surface area contributed by atoms with Crippen LogP contribution in [0.3, 0.4) is 0 Å². The summed E-state index contributed by atoms with van der Waals surface area (Å²) < 4.78 is 5.60. The molecule has 136 valence electrons. The number of amides is 2. The molecule has 3 rings (SSSR count). The van der Waals surface area contributed by atoms with Crippen LogP contribution in [0.15, 0.2) is 30.3 Å². The van der Waals surface area contributed by atoms with Gasteiger partial charge in [0, 0.05) is 32.1 Å². The lowest BCUT2D eigenvalue weighted by atomic mass is 9.94. The monoisotopic (exact) mass is 344 g/mol. The van der Waals surface area contributed by atoms with Crippen molar-refractivity contribution in [2.45, 2.75) is 38.5 Å². The highest BCUT2D eigenvalue weighted by Crippen LogP contribution is 2.22. The lowest BCUT2D eigenvalue weighted by Crippen LogP contribution is -2.45. The van der Waals surface area contributed by atoms with Gasteiger partial charge in [0.2, 0.25) is 11.8 Å². The third-order valence-corrected chi connectivity index (χ3v) is 5.19. The van der Waals surface area contributed by atoms with E-state index in [0.29, 0.717) is 32.0 Å². The van der Waals surface area contributed by atoms with Crippen LogP contribution in [0.1, 0.15) is 38.5 Å². The van der Waals surface area contributed by atoms with Crippen LogP contribution in [0.4, 0.5) is 0 Å². The Morgan fingerprint density at radius 2 is 1.60 bits per heavy atom. The molecule has 0 bridgehead atoms. The normalized spacial score (nSPS) is 18.9. The third-order valence-electron chi connectivity index (χ3n) is 5.19. The SMILES string of the molecule is O=C(CCOc1ccccc1)N1CCC(C(=O)N2CCCCC2)CC1. The number of piperidine rings is 2. The first-order valence-corrected chi connectivity index (χ1v) is 9.48. The number of nitrogens with zero attached hydrogens (tertiary/aromatic N) is 2. The average Bonchev–Trinajstić information content (AvgIpc) is 2.69. The van der Waals surface area contributed by atoms with Crippen LogP contribution in [0.25, 0.3) is 0 Å². The molecule has 0 aliphatic carbocycles. The lowest BCUT2D eigenvalue weighted by Gasteiger charge is -2.35. The van der Waals surface area contributed by atoms with Crippen LogP contribution in [0.5, 0.6) is 5.75 Å². The Kier molecular flexibility index (Phi) is 6.31. The van der Waals surface area contributed by atoms with E-state index < -0.39 is 0 Å². The molecule has 25 heavy (non-hydrogen) atoms. The number of likely N-dealkylation sites (tertiary alicyclic amines) is 2.